The molecule has 1 aromatic carbocycles. The van der Waals surface area contributed by atoms with Crippen LogP contribution in [0.3, 0.4) is 0 Å². The smallest absolute Gasteiger partial charge is 0.258 e. The summed E-state index contributed by atoms with van der Waals surface area (Å²) in [5.41, 5.74) is 7.66. The van der Waals surface area contributed by atoms with E-state index < -0.39 is 5.92 Å². The van der Waals surface area contributed by atoms with Crippen LogP contribution in [0.15, 0.2) is 34.4 Å². The molecular weight excluding hydrogens is 426 g/mol. The number of nitrogens with zero attached hydrogens (tertiary/aromatic N) is 2. The number of ether oxygens (including phenoxy) is 5. The molecule has 0 aliphatic carbocycles. The number of methoxy groups -OCH3 is 3. The van der Waals surface area contributed by atoms with Gasteiger partial charge in [0, 0.05) is 18.4 Å². The van der Waals surface area contributed by atoms with Crippen LogP contribution in [-0.2, 0) is 11.3 Å². The van der Waals surface area contributed by atoms with E-state index in [0.717, 1.165) is 18.5 Å². The first-order valence-corrected chi connectivity index (χ1v) is 10.7. The predicted octanol–water partition coefficient (Wildman–Crippen LogP) is 2.58. The van der Waals surface area contributed by atoms with E-state index in [9.17, 15) is 10.1 Å². The summed E-state index contributed by atoms with van der Waals surface area (Å²) in [4.78, 5) is 13.8. The fourth-order valence-electron chi connectivity index (χ4n) is 4.51. The molecule has 2 atom stereocenters. The van der Waals surface area contributed by atoms with Gasteiger partial charge in [-0.25, -0.2) is 0 Å². The minimum atomic E-state index is -0.767. The second kappa shape index (κ2) is 9.08. The van der Waals surface area contributed by atoms with Crippen molar-refractivity contribution in [3.05, 3.63) is 56.8 Å². The molecule has 0 spiro atoms. The summed E-state index contributed by atoms with van der Waals surface area (Å²) in [6, 6.07) is 7.34. The molecule has 2 N–H and O–H groups in total. The van der Waals surface area contributed by atoms with Gasteiger partial charge in [0.05, 0.1) is 45.5 Å². The Balaban J connectivity index is 1.94. The number of hydrogen-bond acceptors (Lipinski definition) is 8. The quantitative estimate of drug-likeness (QED) is 0.709. The third-order valence-corrected chi connectivity index (χ3v) is 6.12. The van der Waals surface area contributed by atoms with Gasteiger partial charge in [-0.3, -0.25) is 4.79 Å². The summed E-state index contributed by atoms with van der Waals surface area (Å²) in [7, 11) is 4.52. The van der Waals surface area contributed by atoms with Crippen LogP contribution in [0.2, 0.25) is 0 Å². The highest BCUT2D eigenvalue weighted by molar-refractivity contribution is 5.61. The Kier molecular flexibility index (Phi) is 6.20. The number of nitriles is 1. The third-order valence-electron chi connectivity index (χ3n) is 6.12. The average molecular weight is 453 g/mol. The fourth-order valence-corrected chi connectivity index (χ4v) is 4.51. The largest absolute Gasteiger partial charge is 0.493 e. The van der Waals surface area contributed by atoms with Gasteiger partial charge in [0.15, 0.2) is 11.5 Å². The molecule has 174 valence electrons. The number of fused-ring (bicyclic) bond motifs is 1. The maximum absolute atomic E-state index is 13.8. The molecule has 1 fully saturated rings. The summed E-state index contributed by atoms with van der Waals surface area (Å²) >= 11 is 0. The van der Waals surface area contributed by atoms with Crippen molar-refractivity contribution in [2.45, 2.75) is 38.3 Å². The van der Waals surface area contributed by atoms with Crippen molar-refractivity contribution in [1.29, 1.82) is 5.26 Å². The number of nitrogens with two attached hydrogens (primary N) is 1. The van der Waals surface area contributed by atoms with Crippen molar-refractivity contribution < 1.29 is 23.7 Å². The van der Waals surface area contributed by atoms with Crippen molar-refractivity contribution in [3.63, 3.8) is 0 Å². The molecule has 0 radical (unpaired) electrons. The van der Waals surface area contributed by atoms with Crippen molar-refractivity contribution >= 4 is 0 Å². The van der Waals surface area contributed by atoms with E-state index >= 15 is 0 Å². The lowest BCUT2D eigenvalue weighted by Gasteiger charge is -2.28. The Morgan fingerprint density at radius 1 is 1.18 bits per heavy atom. The molecule has 1 saturated heterocycles. The maximum Gasteiger partial charge on any atom is 0.258 e. The molecule has 0 amide bonds. The van der Waals surface area contributed by atoms with Crippen molar-refractivity contribution in [3.8, 4) is 29.1 Å². The second-order valence-electron chi connectivity index (χ2n) is 8.00. The number of aromatic nitrogens is 1. The second-order valence-corrected chi connectivity index (χ2v) is 8.00. The molecule has 9 nitrogen and oxygen atoms in total. The number of pyridine rings is 1. The Labute approximate surface area is 191 Å². The van der Waals surface area contributed by atoms with Gasteiger partial charge in [0.25, 0.3) is 5.56 Å². The standard InChI is InChI=1S/C24H27N3O6/c1-13-8-17-21(24(28)27(13)12-15-6-5-7-32-15)20(16(11-25)23(26)33-17)14-9-18(29-2)22(31-4)19(10-14)30-3/h8-10,15,20H,5-7,12,26H2,1-4H3/t15-,20+/m1/s1. The lowest BCUT2D eigenvalue weighted by molar-refractivity contribution is 0.0955. The van der Waals surface area contributed by atoms with Crippen LogP contribution in [0.25, 0.3) is 0 Å². The Bertz CT molecular complexity index is 1180. The summed E-state index contributed by atoms with van der Waals surface area (Å²) in [5.74, 6) is 0.739. The number of rotatable bonds is 6. The molecular formula is C24H27N3O6. The summed E-state index contributed by atoms with van der Waals surface area (Å²) < 4.78 is 29.6. The van der Waals surface area contributed by atoms with Crippen molar-refractivity contribution in [2.24, 2.45) is 5.73 Å². The first kappa shape index (κ1) is 22.6. The van der Waals surface area contributed by atoms with E-state index in [1.165, 1.54) is 21.3 Å². The maximum atomic E-state index is 13.8. The molecule has 9 heteroatoms. The minimum Gasteiger partial charge on any atom is -0.493 e. The van der Waals surface area contributed by atoms with E-state index in [0.29, 0.717) is 47.3 Å². The van der Waals surface area contributed by atoms with E-state index in [-0.39, 0.29) is 23.1 Å². The molecule has 3 heterocycles. The van der Waals surface area contributed by atoms with Crippen LogP contribution in [0, 0.1) is 18.3 Å². The zero-order chi connectivity index (χ0) is 23.7. The number of aryl methyl sites for hydroxylation is 1. The van der Waals surface area contributed by atoms with Gasteiger partial charge in [-0.2, -0.15) is 5.26 Å². The lowest BCUT2D eigenvalue weighted by Crippen LogP contribution is -2.35. The number of hydrogen-bond donors (Lipinski definition) is 1. The van der Waals surface area contributed by atoms with Gasteiger partial charge in [-0.05, 0) is 37.5 Å². The molecule has 2 aliphatic heterocycles. The zero-order valence-corrected chi connectivity index (χ0v) is 19.1. The monoisotopic (exact) mass is 453 g/mol. The van der Waals surface area contributed by atoms with Crippen molar-refractivity contribution in [2.75, 3.05) is 27.9 Å². The Morgan fingerprint density at radius 2 is 1.88 bits per heavy atom. The molecule has 2 aromatic rings. The number of benzene rings is 1. The summed E-state index contributed by atoms with van der Waals surface area (Å²) in [6.07, 6.45) is 1.84. The predicted molar refractivity (Wildman–Crippen MR) is 120 cm³/mol. The molecule has 33 heavy (non-hydrogen) atoms. The third kappa shape index (κ3) is 3.87. The lowest BCUT2D eigenvalue weighted by atomic mass is 9.83. The van der Waals surface area contributed by atoms with Crippen LogP contribution in [0.1, 0.15) is 35.6 Å². The van der Waals surface area contributed by atoms with Crippen LogP contribution >= 0.6 is 0 Å². The first-order valence-electron chi connectivity index (χ1n) is 10.7. The SMILES string of the molecule is COc1cc([C@H]2C(C#N)=C(N)Oc3cc(C)n(C[C@H]4CCCO4)c(=O)c32)cc(OC)c1OC. The van der Waals surface area contributed by atoms with Crippen LogP contribution in [-0.4, -0.2) is 38.6 Å². The molecule has 4 rings (SSSR count). The van der Waals surface area contributed by atoms with Gasteiger partial charge in [0.1, 0.15) is 17.4 Å². The molecule has 0 saturated carbocycles. The summed E-state index contributed by atoms with van der Waals surface area (Å²) in [6.45, 7) is 2.97. The Morgan fingerprint density at radius 3 is 2.42 bits per heavy atom. The van der Waals surface area contributed by atoms with Gasteiger partial charge >= 0.3 is 0 Å². The highest BCUT2D eigenvalue weighted by Crippen LogP contribution is 2.46. The van der Waals surface area contributed by atoms with E-state index in [2.05, 4.69) is 6.07 Å². The van der Waals surface area contributed by atoms with Crippen molar-refractivity contribution in [1.82, 2.24) is 4.57 Å². The van der Waals surface area contributed by atoms with E-state index in [4.69, 9.17) is 29.4 Å². The van der Waals surface area contributed by atoms with Gasteiger partial charge in [-0.15, -0.1) is 0 Å². The zero-order valence-electron chi connectivity index (χ0n) is 19.1. The van der Waals surface area contributed by atoms with Gasteiger partial charge in [-0.1, -0.05) is 0 Å². The van der Waals surface area contributed by atoms with Gasteiger partial charge in [0.2, 0.25) is 11.6 Å². The molecule has 0 unspecified atom stereocenters. The summed E-state index contributed by atoms with van der Waals surface area (Å²) in [5, 5.41) is 9.93. The van der Waals surface area contributed by atoms with E-state index in [1.54, 1.807) is 22.8 Å². The van der Waals surface area contributed by atoms with E-state index in [1.807, 2.05) is 6.92 Å². The highest BCUT2D eigenvalue weighted by Gasteiger charge is 2.36. The van der Waals surface area contributed by atoms with Gasteiger partial charge < -0.3 is 34.0 Å². The Hall–Kier alpha value is -3.64. The normalized spacial score (nSPS) is 19.5. The first-order chi connectivity index (χ1) is 15.9. The fraction of sp³-hybridized carbons (Fsp3) is 0.417. The average Bonchev–Trinajstić information content (AvgIpc) is 3.33. The topological polar surface area (TPSA) is 118 Å². The number of allylic oxidation sites excluding steroid dienone is 1. The van der Waals surface area contributed by atoms with Crippen LogP contribution in [0.4, 0.5) is 0 Å². The van der Waals surface area contributed by atoms with Crippen LogP contribution in [0.5, 0.6) is 23.0 Å². The molecule has 0 bridgehead atoms. The highest BCUT2D eigenvalue weighted by atomic mass is 16.5. The molecule has 2 aliphatic rings. The van der Waals surface area contributed by atoms with Crippen LogP contribution < -0.4 is 30.2 Å². The minimum absolute atomic E-state index is 0.0281. The molecule has 1 aromatic heterocycles.